The van der Waals surface area contributed by atoms with Gasteiger partial charge in [0.1, 0.15) is 0 Å². The van der Waals surface area contributed by atoms with Crippen molar-refractivity contribution in [1.29, 1.82) is 0 Å². The Morgan fingerprint density at radius 2 is 2.04 bits per heavy atom. The van der Waals surface area contributed by atoms with Crippen molar-refractivity contribution in [2.75, 3.05) is 11.9 Å². The number of aromatic nitrogens is 1. The largest absolute Gasteiger partial charge is 0.477 e. The first-order valence-corrected chi connectivity index (χ1v) is 9.53. The van der Waals surface area contributed by atoms with E-state index in [1.165, 1.54) is 36.8 Å². The van der Waals surface area contributed by atoms with Crippen molar-refractivity contribution in [1.82, 2.24) is 4.98 Å². The SMILES string of the molecule is I.NC(=NCc1ccc(OCC2CC2)nc1)Nc1cccc2c1CCCC2. The number of hydrogen-bond acceptors (Lipinski definition) is 3. The summed E-state index contributed by atoms with van der Waals surface area (Å²) in [5.41, 5.74) is 11.0. The second kappa shape index (κ2) is 9.39. The monoisotopic (exact) mass is 478 g/mol. The molecular formula is C21H27IN4O. The highest BCUT2D eigenvalue weighted by Gasteiger charge is 2.22. The third-order valence-electron chi connectivity index (χ3n) is 5.05. The predicted molar refractivity (Wildman–Crippen MR) is 120 cm³/mol. The molecule has 1 saturated carbocycles. The maximum Gasteiger partial charge on any atom is 0.213 e. The van der Waals surface area contributed by atoms with Crippen LogP contribution in [-0.4, -0.2) is 17.6 Å². The number of nitrogens with zero attached hydrogens (tertiary/aromatic N) is 2. The minimum atomic E-state index is 0. The maximum atomic E-state index is 6.10. The summed E-state index contributed by atoms with van der Waals surface area (Å²) in [4.78, 5) is 8.80. The van der Waals surface area contributed by atoms with E-state index in [1.54, 1.807) is 0 Å². The molecule has 4 rings (SSSR count). The summed E-state index contributed by atoms with van der Waals surface area (Å²) in [7, 11) is 0. The second-order valence-corrected chi connectivity index (χ2v) is 7.24. The van der Waals surface area contributed by atoms with Crippen molar-refractivity contribution in [3.05, 3.63) is 53.2 Å². The van der Waals surface area contributed by atoms with Gasteiger partial charge >= 0.3 is 0 Å². The summed E-state index contributed by atoms with van der Waals surface area (Å²) >= 11 is 0. The number of nitrogens with one attached hydrogen (secondary N) is 1. The van der Waals surface area contributed by atoms with E-state index < -0.39 is 0 Å². The molecular weight excluding hydrogens is 451 g/mol. The summed E-state index contributed by atoms with van der Waals surface area (Å²) < 4.78 is 5.66. The smallest absolute Gasteiger partial charge is 0.213 e. The number of anilines is 1. The first-order valence-electron chi connectivity index (χ1n) is 9.53. The Morgan fingerprint density at radius 3 is 2.81 bits per heavy atom. The Hall–Kier alpha value is -1.83. The molecule has 2 aromatic rings. The van der Waals surface area contributed by atoms with Gasteiger partial charge in [0.15, 0.2) is 5.96 Å². The molecule has 144 valence electrons. The molecule has 6 heteroatoms. The highest BCUT2D eigenvalue weighted by atomic mass is 127. The summed E-state index contributed by atoms with van der Waals surface area (Å²) in [6.45, 7) is 1.28. The third-order valence-corrected chi connectivity index (χ3v) is 5.05. The van der Waals surface area contributed by atoms with Crippen LogP contribution in [0.1, 0.15) is 42.4 Å². The quantitative estimate of drug-likeness (QED) is 0.369. The van der Waals surface area contributed by atoms with Gasteiger partial charge in [0, 0.05) is 18.0 Å². The maximum absolute atomic E-state index is 6.10. The molecule has 3 N–H and O–H groups in total. The number of rotatable bonds is 6. The molecule has 0 bridgehead atoms. The summed E-state index contributed by atoms with van der Waals surface area (Å²) in [5.74, 6) is 1.86. The minimum Gasteiger partial charge on any atom is -0.477 e. The van der Waals surface area contributed by atoms with E-state index in [0.29, 0.717) is 18.4 Å². The van der Waals surface area contributed by atoms with Crippen LogP contribution in [-0.2, 0) is 19.4 Å². The van der Waals surface area contributed by atoms with Crippen LogP contribution in [0.3, 0.4) is 0 Å². The Morgan fingerprint density at radius 1 is 1.19 bits per heavy atom. The van der Waals surface area contributed by atoms with E-state index in [1.807, 2.05) is 18.3 Å². The van der Waals surface area contributed by atoms with Crippen molar-refractivity contribution in [3.63, 3.8) is 0 Å². The van der Waals surface area contributed by atoms with E-state index >= 15 is 0 Å². The topological polar surface area (TPSA) is 72.5 Å². The van der Waals surface area contributed by atoms with E-state index in [9.17, 15) is 0 Å². The summed E-state index contributed by atoms with van der Waals surface area (Å²) in [5, 5.41) is 3.27. The molecule has 2 aliphatic carbocycles. The van der Waals surface area contributed by atoms with Gasteiger partial charge in [-0.05, 0) is 67.2 Å². The Balaban J connectivity index is 0.00000210. The van der Waals surface area contributed by atoms with Gasteiger partial charge in [0.2, 0.25) is 5.88 Å². The zero-order chi connectivity index (χ0) is 17.8. The lowest BCUT2D eigenvalue weighted by Crippen LogP contribution is -2.24. The molecule has 1 fully saturated rings. The third kappa shape index (κ3) is 5.57. The number of fused-ring (bicyclic) bond motifs is 1. The lowest BCUT2D eigenvalue weighted by molar-refractivity contribution is 0.288. The van der Waals surface area contributed by atoms with Crippen molar-refractivity contribution < 1.29 is 4.74 Å². The van der Waals surface area contributed by atoms with Crippen LogP contribution >= 0.6 is 24.0 Å². The van der Waals surface area contributed by atoms with Crippen LogP contribution in [0.25, 0.3) is 0 Å². The average Bonchev–Trinajstić information content (AvgIpc) is 3.50. The van der Waals surface area contributed by atoms with Gasteiger partial charge in [-0.3, -0.25) is 0 Å². The number of aliphatic imine (C=N–C) groups is 1. The molecule has 5 nitrogen and oxygen atoms in total. The van der Waals surface area contributed by atoms with Gasteiger partial charge in [0.25, 0.3) is 0 Å². The fourth-order valence-electron chi connectivity index (χ4n) is 3.33. The average molecular weight is 478 g/mol. The normalized spacial score (nSPS) is 16.2. The van der Waals surface area contributed by atoms with Crippen LogP contribution in [0.2, 0.25) is 0 Å². The summed E-state index contributed by atoms with van der Waals surface area (Å²) in [6.07, 6.45) is 9.15. The van der Waals surface area contributed by atoms with E-state index in [-0.39, 0.29) is 24.0 Å². The van der Waals surface area contributed by atoms with Crippen LogP contribution < -0.4 is 15.8 Å². The fourth-order valence-corrected chi connectivity index (χ4v) is 3.33. The molecule has 1 aromatic heterocycles. The van der Waals surface area contributed by atoms with E-state index in [0.717, 1.165) is 36.6 Å². The van der Waals surface area contributed by atoms with Gasteiger partial charge in [-0.25, -0.2) is 9.98 Å². The van der Waals surface area contributed by atoms with Crippen LogP contribution in [0.4, 0.5) is 5.69 Å². The van der Waals surface area contributed by atoms with E-state index in [2.05, 4.69) is 33.5 Å². The lowest BCUT2D eigenvalue weighted by Gasteiger charge is -2.19. The molecule has 27 heavy (non-hydrogen) atoms. The van der Waals surface area contributed by atoms with Crippen LogP contribution in [0.5, 0.6) is 5.88 Å². The lowest BCUT2D eigenvalue weighted by atomic mass is 9.90. The van der Waals surface area contributed by atoms with Crippen molar-refractivity contribution in [2.24, 2.45) is 16.6 Å². The Labute approximate surface area is 177 Å². The first-order chi connectivity index (χ1) is 12.8. The molecule has 2 aliphatic rings. The highest BCUT2D eigenvalue weighted by Crippen LogP contribution is 2.29. The standard InChI is InChI=1S/C21H26N4O.HI/c22-21(25-19-7-3-5-17-4-1-2-6-18(17)19)24-13-16-10-11-20(23-12-16)26-14-15-8-9-15;/h3,5,7,10-12,15H,1-2,4,6,8-9,13-14H2,(H3,22,24,25);1H. The second-order valence-electron chi connectivity index (χ2n) is 7.24. The number of halogens is 1. The molecule has 0 atom stereocenters. The molecule has 0 unspecified atom stereocenters. The number of ether oxygens (including phenoxy) is 1. The van der Waals surface area contributed by atoms with Crippen molar-refractivity contribution in [2.45, 2.75) is 45.1 Å². The number of pyridine rings is 1. The molecule has 0 amide bonds. The first kappa shape index (κ1) is 19.9. The molecule has 0 radical (unpaired) electrons. The molecule has 0 spiro atoms. The molecule has 0 saturated heterocycles. The molecule has 1 heterocycles. The number of guanidine groups is 1. The van der Waals surface area contributed by atoms with Crippen molar-refractivity contribution in [3.8, 4) is 5.88 Å². The van der Waals surface area contributed by atoms with Crippen LogP contribution in [0, 0.1) is 5.92 Å². The highest BCUT2D eigenvalue weighted by molar-refractivity contribution is 14.0. The number of nitrogens with two attached hydrogens (primary N) is 1. The zero-order valence-corrected chi connectivity index (χ0v) is 17.8. The number of benzene rings is 1. The van der Waals surface area contributed by atoms with Crippen LogP contribution in [0.15, 0.2) is 41.5 Å². The van der Waals surface area contributed by atoms with Gasteiger partial charge in [0.05, 0.1) is 13.2 Å². The Bertz CT molecular complexity index is 787. The van der Waals surface area contributed by atoms with Crippen molar-refractivity contribution >= 4 is 35.6 Å². The van der Waals surface area contributed by atoms with Gasteiger partial charge in [-0.1, -0.05) is 18.2 Å². The number of aryl methyl sites for hydroxylation is 1. The zero-order valence-electron chi connectivity index (χ0n) is 15.5. The number of hydrogen-bond donors (Lipinski definition) is 2. The van der Waals surface area contributed by atoms with Gasteiger partial charge in [-0.2, -0.15) is 0 Å². The van der Waals surface area contributed by atoms with Gasteiger partial charge < -0.3 is 15.8 Å². The Kier molecular flexibility index (Phi) is 6.93. The predicted octanol–water partition coefficient (Wildman–Crippen LogP) is 4.29. The summed E-state index contributed by atoms with van der Waals surface area (Å²) in [6, 6.07) is 10.3. The fraction of sp³-hybridized carbons (Fsp3) is 0.429. The van der Waals surface area contributed by atoms with E-state index in [4.69, 9.17) is 10.5 Å². The van der Waals surface area contributed by atoms with Gasteiger partial charge in [-0.15, -0.1) is 24.0 Å². The molecule has 1 aromatic carbocycles. The molecule has 0 aliphatic heterocycles. The minimum absolute atomic E-state index is 0.